The Hall–Kier alpha value is -1.00. The first kappa shape index (κ1) is 11.5. The Balaban J connectivity index is 1.75. The molecule has 4 nitrogen and oxygen atoms in total. The topological polar surface area (TPSA) is 46.1 Å². The van der Waals surface area contributed by atoms with Gasteiger partial charge in [-0.05, 0) is 18.9 Å². The van der Waals surface area contributed by atoms with Crippen LogP contribution in [0.2, 0.25) is 5.02 Å². The second-order valence-electron chi connectivity index (χ2n) is 4.14. The van der Waals surface area contributed by atoms with Crippen LogP contribution in [0, 0.1) is 0 Å². The number of halogens is 1. The zero-order chi connectivity index (χ0) is 11.5. The summed E-state index contributed by atoms with van der Waals surface area (Å²) in [6.45, 7) is 1.48. The molecule has 0 atom stereocenters. The summed E-state index contributed by atoms with van der Waals surface area (Å²) < 4.78 is 1.73. The second-order valence-corrected chi connectivity index (χ2v) is 4.58. The molecule has 88 valence electrons. The first-order valence-corrected chi connectivity index (χ1v) is 5.88. The van der Waals surface area contributed by atoms with E-state index in [9.17, 15) is 4.79 Å². The van der Waals surface area contributed by atoms with Gasteiger partial charge in [-0.1, -0.05) is 11.6 Å². The Morgan fingerprint density at radius 1 is 1.56 bits per heavy atom. The highest BCUT2D eigenvalue weighted by Gasteiger charge is 2.19. The van der Waals surface area contributed by atoms with Gasteiger partial charge in [0.15, 0.2) is 0 Å². The molecule has 2 N–H and O–H groups in total. The van der Waals surface area contributed by atoms with Crippen LogP contribution in [0.4, 0.5) is 0 Å². The number of aromatic nitrogens is 1. The molecule has 0 aliphatic heterocycles. The normalized spacial score (nSPS) is 15.1. The van der Waals surface area contributed by atoms with Crippen LogP contribution in [0.25, 0.3) is 0 Å². The van der Waals surface area contributed by atoms with Crippen LogP contribution < -0.4 is 10.6 Å². The van der Waals surface area contributed by atoms with Crippen LogP contribution in [0.1, 0.15) is 23.3 Å². The van der Waals surface area contributed by atoms with Gasteiger partial charge in [0.1, 0.15) is 5.69 Å². The first-order chi connectivity index (χ1) is 7.66. The standard InChI is InChI=1S/C11H16ClN3O/c1-15-7-8(12)6-10(15)11(16)14-5-4-13-9-2-3-9/h6-7,9,13H,2-5H2,1H3,(H,14,16). The van der Waals surface area contributed by atoms with Crippen molar-refractivity contribution in [3.63, 3.8) is 0 Å². The number of hydrogen-bond donors (Lipinski definition) is 2. The summed E-state index contributed by atoms with van der Waals surface area (Å²) in [4.78, 5) is 11.7. The number of carbonyl (C=O) groups is 1. The van der Waals surface area contributed by atoms with E-state index in [2.05, 4.69) is 10.6 Å². The number of carbonyl (C=O) groups excluding carboxylic acids is 1. The quantitative estimate of drug-likeness (QED) is 0.760. The van der Waals surface area contributed by atoms with Crippen molar-refractivity contribution in [2.75, 3.05) is 13.1 Å². The van der Waals surface area contributed by atoms with Gasteiger partial charge in [-0.15, -0.1) is 0 Å². The monoisotopic (exact) mass is 241 g/mol. The van der Waals surface area contributed by atoms with E-state index in [1.54, 1.807) is 16.8 Å². The van der Waals surface area contributed by atoms with Gasteiger partial charge in [0.05, 0.1) is 5.02 Å². The molecule has 2 rings (SSSR count). The SMILES string of the molecule is Cn1cc(Cl)cc1C(=O)NCCNC1CC1. The molecular weight excluding hydrogens is 226 g/mol. The lowest BCUT2D eigenvalue weighted by molar-refractivity contribution is 0.0946. The minimum atomic E-state index is -0.0769. The van der Waals surface area contributed by atoms with Gasteiger partial charge < -0.3 is 15.2 Å². The van der Waals surface area contributed by atoms with Gasteiger partial charge in [-0.25, -0.2) is 0 Å². The van der Waals surface area contributed by atoms with E-state index in [0.29, 0.717) is 23.3 Å². The predicted octanol–water partition coefficient (Wildman–Crippen LogP) is 1.16. The highest BCUT2D eigenvalue weighted by molar-refractivity contribution is 6.31. The molecule has 1 aromatic heterocycles. The molecule has 1 aromatic rings. The zero-order valence-electron chi connectivity index (χ0n) is 9.29. The fourth-order valence-corrected chi connectivity index (χ4v) is 1.83. The lowest BCUT2D eigenvalue weighted by atomic mass is 10.4. The van der Waals surface area contributed by atoms with Crippen LogP contribution >= 0.6 is 11.6 Å². The number of nitrogens with one attached hydrogen (secondary N) is 2. The minimum absolute atomic E-state index is 0.0769. The lowest BCUT2D eigenvalue weighted by Crippen LogP contribution is -2.33. The highest BCUT2D eigenvalue weighted by atomic mass is 35.5. The predicted molar refractivity (Wildman–Crippen MR) is 63.8 cm³/mol. The Labute approximate surface area is 100.0 Å². The van der Waals surface area contributed by atoms with E-state index in [1.165, 1.54) is 12.8 Å². The fraction of sp³-hybridized carbons (Fsp3) is 0.545. The maximum absolute atomic E-state index is 11.7. The second kappa shape index (κ2) is 4.89. The molecule has 5 heteroatoms. The number of hydrogen-bond acceptors (Lipinski definition) is 2. The molecular formula is C11H16ClN3O. The molecule has 0 unspecified atom stereocenters. The zero-order valence-corrected chi connectivity index (χ0v) is 10.0. The van der Waals surface area contributed by atoms with E-state index < -0.39 is 0 Å². The third-order valence-corrected chi connectivity index (χ3v) is 2.83. The largest absolute Gasteiger partial charge is 0.349 e. The van der Waals surface area contributed by atoms with E-state index in [0.717, 1.165) is 6.54 Å². The third-order valence-electron chi connectivity index (χ3n) is 2.63. The maximum Gasteiger partial charge on any atom is 0.267 e. The smallest absolute Gasteiger partial charge is 0.267 e. The number of nitrogens with zero attached hydrogens (tertiary/aromatic N) is 1. The molecule has 1 amide bonds. The summed E-state index contributed by atoms with van der Waals surface area (Å²) in [5.74, 6) is -0.0769. The molecule has 0 spiro atoms. The summed E-state index contributed by atoms with van der Waals surface area (Å²) in [5.41, 5.74) is 0.594. The van der Waals surface area contributed by atoms with Crippen molar-refractivity contribution >= 4 is 17.5 Å². The summed E-state index contributed by atoms with van der Waals surface area (Å²) >= 11 is 5.81. The lowest BCUT2D eigenvalue weighted by Gasteiger charge is -2.06. The van der Waals surface area contributed by atoms with Crippen molar-refractivity contribution in [2.45, 2.75) is 18.9 Å². The van der Waals surface area contributed by atoms with Crippen molar-refractivity contribution in [3.8, 4) is 0 Å². The fourth-order valence-electron chi connectivity index (χ4n) is 1.58. The van der Waals surface area contributed by atoms with Crippen molar-refractivity contribution < 1.29 is 4.79 Å². The Morgan fingerprint density at radius 2 is 2.31 bits per heavy atom. The van der Waals surface area contributed by atoms with Crippen molar-refractivity contribution in [1.29, 1.82) is 0 Å². The van der Waals surface area contributed by atoms with Crippen LogP contribution in [0.15, 0.2) is 12.3 Å². The van der Waals surface area contributed by atoms with Gasteiger partial charge in [-0.2, -0.15) is 0 Å². The molecule has 1 aliphatic rings. The van der Waals surface area contributed by atoms with E-state index in [-0.39, 0.29) is 5.91 Å². The van der Waals surface area contributed by atoms with E-state index in [1.807, 2.05) is 7.05 Å². The third kappa shape index (κ3) is 3.00. The number of aryl methyl sites for hydroxylation is 1. The molecule has 0 saturated heterocycles. The summed E-state index contributed by atoms with van der Waals surface area (Å²) in [6.07, 6.45) is 4.25. The summed E-state index contributed by atoms with van der Waals surface area (Å²) in [6, 6.07) is 2.35. The van der Waals surface area contributed by atoms with Crippen LogP contribution in [0.5, 0.6) is 0 Å². The van der Waals surface area contributed by atoms with Gasteiger partial charge in [0.2, 0.25) is 0 Å². The maximum atomic E-state index is 11.7. The van der Waals surface area contributed by atoms with Crippen molar-refractivity contribution in [3.05, 3.63) is 23.0 Å². The summed E-state index contributed by atoms with van der Waals surface area (Å²) in [7, 11) is 1.81. The summed E-state index contributed by atoms with van der Waals surface area (Å²) in [5, 5.41) is 6.78. The Kier molecular flexibility index (Phi) is 3.51. The van der Waals surface area contributed by atoms with Crippen LogP contribution in [-0.4, -0.2) is 29.6 Å². The number of amides is 1. The van der Waals surface area contributed by atoms with Crippen LogP contribution in [0.3, 0.4) is 0 Å². The molecule has 1 heterocycles. The van der Waals surface area contributed by atoms with Crippen molar-refractivity contribution in [1.82, 2.24) is 15.2 Å². The molecule has 0 radical (unpaired) electrons. The van der Waals surface area contributed by atoms with Crippen molar-refractivity contribution in [2.24, 2.45) is 7.05 Å². The average Bonchev–Trinajstić information content (AvgIpc) is 2.98. The average molecular weight is 242 g/mol. The van der Waals surface area contributed by atoms with Gasteiger partial charge in [0, 0.05) is 32.4 Å². The Morgan fingerprint density at radius 3 is 2.88 bits per heavy atom. The van der Waals surface area contributed by atoms with E-state index in [4.69, 9.17) is 11.6 Å². The molecule has 1 saturated carbocycles. The van der Waals surface area contributed by atoms with E-state index >= 15 is 0 Å². The molecule has 0 bridgehead atoms. The van der Waals surface area contributed by atoms with Gasteiger partial charge in [0.25, 0.3) is 5.91 Å². The van der Waals surface area contributed by atoms with Crippen LogP contribution in [-0.2, 0) is 7.05 Å². The molecule has 16 heavy (non-hydrogen) atoms. The molecule has 1 aliphatic carbocycles. The Bertz CT molecular complexity index is 385. The van der Waals surface area contributed by atoms with Gasteiger partial charge >= 0.3 is 0 Å². The molecule has 0 aromatic carbocycles. The minimum Gasteiger partial charge on any atom is -0.349 e. The van der Waals surface area contributed by atoms with Gasteiger partial charge in [-0.3, -0.25) is 4.79 Å². The highest BCUT2D eigenvalue weighted by Crippen LogP contribution is 2.17. The molecule has 1 fully saturated rings. The first-order valence-electron chi connectivity index (χ1n) is 5.50. The number of rotatable bonds is 5.